The molecular weight excluding hydrogens is 478 g/mol. The summed E-state index contributed by atoms with van der Waals surface area (Å²) >= 11 is 0. The van der Waals surface area contributed by atoms with Crippen molar-refractivity contribution < 1.29 is 9.59 Å². The summed E-state index contributed by atoms with van der Waals surface area (Å²) in [5, 5.41) is 12.1. The van der Waals surface area contributed by atoms with Crippen molar-refractivity contribution in [2.45, 2.75) is 0 Å². The minimum absolute atomic E-state index is 0. The number of nitrogens with zero attached hydrogens (tertiary/aromatic N) is 2. The number of amides is 2. The molecule has 0 atom stereocenters. The van der Waals surface area contributed by atoms with E-state index in [1.54, 1.807) is 12.1 Å². The molecular formula is C26H26ClN7O2. The molecule has 2 heterocycles. The largest absolute Gasteiger partial charge is 0.398 e. The minimum Gasteiger partial charge on any atom is -0.398 e. The van der Waals surface area contributed by atoms with Crippen LogP contribution in [0.3, 0.4) is 0 Å². The molecule has 0 aliphatic carbocycles. The molecule has 6 N–H and O–H groups in total. The highest BCUT2D eigenvalue weighted by atomic mass is 35.5. The van der Waals surface area contributed by atoms with Crippen molar-refractivity contribution in [2.75, 3.05) is 42.5 Å². The van der Waals surface area contributed by atoms with E-state index in [0.717, 1.165) is 49.0 Å². The van der Waals surface area contributed by atoms with Crippen LogP contribution in [-0.2, 0) is 0 Å². The molecule has 3 aromatic carbocycles. The van der Waals surface area contributed by atoms with Crippen LogP contribution in [0.5, 0.6) is 0 Å². The first-order chi connectivity index (χ1) is 17.1. The van der Waals surface area contributed by atoms with Crippen LogP contribution in [0.4, 0.5) is 17.1 Å². The number of hydrogen-bond acceptors (Lipinski definition) is 7. The maximum atomic E-state index is 12.7. The molecule has 36 heavy (non-hydrogen) atoms. The van der Waals surface area contributed by atoms with E-state index in [0.29, 0.717) is 22.5 Å². The van der Waals surface area contributed by atoms with Crippen LogP contribution in [-0.4, -0.2) is 49.7 Å². The lowest BCUT2D eigenvalue weighted by molar-refractivity contribution is 0.101. The van der Waals surface area contributed by atoms with E-state index < -0.39 is 0 Å². The van der Waals surface area contributed by atoms with Gasteiger partial charge in [-0.1, -0.05) is 0 Å². The van der Waals surface area contributed by atoms with E-state index in [9.17, 15) is 9.59 Å². The molecule has 0 unspecified atom stereocenters. The second-order valence-corrected chi connectivity index (χ2v) is 8.18. The molecule has 9 nitrogen and oxygen atoms in total. The monoisotopic (exact) mass is 503 g/mol. The van der Waals surface area contributed by atoms with Crippen molar-refractivity contribution in [1.29, 1.82) is 0 Å². The van der Waals surface area contributed by atoms with Gasteiger partial charge in [0.15, 0.2) is 0 Å². The van der Waals surface area contributed by atoms with E-state index in [4.69, 9.17) is 5.73 Å². The third kappa shape index (κ3) is 5.47. The fraction of sp³-hybridized carbons (Fsp3) is 0.154. The van der Waals surface area contributed by atoms with E-state index in [1.165, 1.54) is 6.07 Å². The molecule has 2 aliphatic heterocycles. The van der Waals surface area contributed by atoms with Gasteiger partial charge in [0.25, 0.3) is 11.8 Å². The highest BCUT2D eigenvalue weighted by Gasteiger charge is 2.15. The van der Waals surface area contributed by atoms with Crippen molar-refractivity contribution in [3.8, 4) is 0 Å². The van der Waals surface area contributed by atoms with Crippen LogP contribution in [0, 0.1) is 0 Å². The molecule has 0 saturated heterocycles. The van der Waals surface area contributed by atoms with Gasteiger partial charge in [-0.25, -0.2) is 0 Å². The zero-order chi connectivity index (χ0) is 24.2. The van der Waals surface area contributed by atoms with Crippen molar-refractivity contribution in [3.05, 3.63) is 89.0 Å². The summed E-state index contributed by atoms with van der Waals surface area (Å²) in [7, 11) is 0. The second kappa shape index (κ2) is 10.9. The lowest BCUT2D eigenvalue weighted by Gasteiger charge is -2.11. The number of aliphatic imine (C=N–C) groups is 2. The molecule has 0 spiro atoms. The number of carbonyl (C=O) groups excluding carboxylic acids is 2. The van der Waals surface area contributed by atoms with Crippen LogP contribution in [0.2, 0.25) is 0 Å². The van der Waals surface area contributed by atoms with E-state index in [-0.39, 0.29) is 29.9 Å². The van der Waals surface area contributed by atoms with Crippen molar-refractivity contribution >= 4 is 53.0 Å². The number of rotatable bonds is 6. The number of benzene rings is 3. The van der Waals surface area contributed by atoms with Gasteiger partial charge in [-0.15, -0.1) is 12.4 Å². The molecule has 5 rings (SSSR count). The number of nitrogens with one attached hydrogen (secondary N) is 4. The van der Waals surface area contributed by atoms with Crippen LogP contribution in [0.15, 0.2) is 76.7 Å². The topological polar surface area (TPSA) is 133 Å². The Morgan fingerprint density at radius 3 is 1.67 bits per heavy atom. The summed E-state index contributed by atoms with van der Waals surface area (Å²) < 4.78 is 0. The second-order valence-electron chi connectivity index (χ2n) is 8.18. The number of nitrogen functional groups attached to an aromatic ring is 1. The van der Waals surface area contributed by atoms with Crippen molar-refractivity contribution in [2.24, 2.45) is 9.98 Å². The van der Waals surface area contributed by atoms with Gasteiger partial charge >= 0.3 is 0 Å². The summed E-state index contributed by atoms with van der Waals surface area (Å²) in [5.74, 6) is 1.06. The van der Waals surface area contributed by atoms with E-state index in [2.05, 4.69) is 31.3 Å². The Kier molecular flexibility index (Phi) is 7.50. The van der Waals surface area contributed by atoms with Crippen LogP contribution >= 0.6 is 12.4 Å². The van der Waals surface area contributed by atoms with Gasteiger partial charge in [-0.3, -0.25) is 19.6 Å². The smallest absolute Gasteiger partial charge is 0.257 e. The molecule has 10 heteroatoms. The highest BCUT2D eigenvalue weighted by Crippen LogP contribution is 2.19. The Balaban J connectivity index is 0.00000304. The summed E-state index contributed by atoms with van der Waals surface area (Å²) in [6, 6.07) is 19.5. The fourth-order valence-corrected chi connectivity index (χ4v) is 3.92. The number of carbonyl (C=O) groups is 2. The quantitative estimate of drug-likeness (QED) is 0.330. The molecule has 184 valence electrons. The predicted octanol–water partition coefficient (Wildman–Crippen LogP) is 2.89. The van der Waals surface area contributed by atoms with Crippen LogP contribution < -0.4 is 27.0 Å². The highest BCUT2D eigenvalue weighted by molar-refractivity contribution is 6.10. The maximum absolute atomic E-state index is 12.7. The Morgan fingerprint density at radius 1 is 0.722 bits per heavy atom. The molecule has 3 aromatic rings. The number of nitrogens with two attached hydrogens (primary N) is 1. The predicted molar refractivity (Wildman–Crippen MR) is 146 cm³/mol. The summed E-state index contributed by atoms with van der Waals surface area (Å²) in [6.45, 7) is 3.20. The zero-order valence-corrected chi connectivity index (χ0v) is 20.2. The molecule has 0 bridgehead atoms. The first kappa shape index (κ1) is 24.7. The Hall–Kier alpha value is -4.37. The third-order valence-corrected chi connectivity index (χ3v) is 5.74. The molecule has 0 fully saturated rings. The number of hydrogen-bond donors (Lipinski definition) is 5. The molecule has 0 radical (unpaired) electrons. The van der Waals surface area contributed by atoms with Crippen LogP contribution in [0.1, 0.15) is 31.8 Å². The number of amidine groups is 2. The summed E-state index contributed by atoms with van der Waals surface area (Å²) in [6.07, 6.45) is 0. The normalized spacial score (nSPS) is 14.0. The van der Waals surface area contributed by atoms with E-state index in [1.807, 2.05) is 48.5 Å². The van der Waals surface area contributed by atoms with Gasteiger partial charge in [0.1, 0.15) is 11.7 Å². The Labute approximate surface area is 214 Å². The van der Waals surface area contributed by atoms with Gasteiger partial charge in [-0.2, -0.15) is 0 Å². The van der Waals surface area contributed by atoms with Gasteiger partial charge in [0.2, 0.25) is 0 Å². The molecule has 0 aromatic heterocycles. The first-order valence-electron chi connectivity index (χ1n) is 11.4. The Bertz CT molecular complexity index is 1340. The SMILES string of the molecule is Cl.Nc1cc(C(=O)Nc2ccc(C3=NCCN3)cc2)ccc1C(=O)Nc1ccc(C2=NCCN2)cc1. The third-order valence-electron chi connectivity index (χ3n) is 5.74. The standard InChI is InChI=1S/C26H25N7O2.ClH/c27-22-15-18(25(34)32-19-6-1-16(2-7-19)23-28-11-12-29-23)5-10-21(22)26(35)33-20-8-3-17(4-9-20)24-30-13-14-31-24;/h1-10,15H,11-14,27H2,(H,28,29)(H,30,31)(H,32,34)(H,33,35);1H. The fourth-order valence-electron chi connectivity index (χ4n) is 3.92. The van der Waals surface area contributed by atoms with Crippen molar-refractivity contribution in [3.63, 3.8) is 0 Å². The number of anilines is 3. The zero-order valence-electron chi connectivity index (χ0n) is 19.4. The number of halogens is 1. The average molecular weight is 504 g/mol. The summed E-state index contributed by atoms with van der Waals surface area (Å²) in [5.41, 5.74) is 10.2. The first-order valence-corrected chi connectivity index (χ1v) is 11.4. The summed E-state index contributed by atoms with van der Waals surface area (Å²) in [4.78, 5) is 34.2. The van der Waals surface area contributed by atoms with Gasteiger partial charge in [-0.05, 0) is 66.7 Å². The van der Waals surface area contributed by atoms with Gasteiger partial charge in [0, 0.05) is 46.8 Å². The van der Waals surface area contributed by atoms with Gasteiger partial charge < -0.3 is 27.0 Å². The van der Waals surface area contributed by atoms with Crippen molar-refractivity contribution in [1.82, 2.24) is 10.6 Å². The van der Waals surface area contributed by atoms with Crippen LogP contribution in [0.25, 0.3) is 0 Å². The average Bonchev–Trinajstić information content (AvgIpc) is 3.60. The molecule has 2 amide bonds. The lowest BCUT2D eigenvalue weighted by atomic mass is 10.1. The van der Waals surface area contributed by atoms with E-state index >= 15 is 0 Å². The molecule has 2 aliphatic rings. The minimum atomic E-state index is -0.349. The van der Waals surface area contributed by atoms with Gasteiger partial charge in [0.05, 0.1) is 18.7 Å². The lowest BCUT2D eigenvalue weighted by Crippen LogP contribution is -2.19. The molecule has 0 saturated carbocycles. The Morgan fingerprint density at radius 2 is 1.22 bits per heavy atom. The maximum Gasteiger partial charge on any atom is 0.257 e.